The number of hydrogen-bond donors (Lipinski definition) is 2. The normalized spacial score (nSPS) is 23.4. The van der Waals surface area contributed by atoms with Crippen LogP contribution in [-0.4, -0.2) is 30.6 Å². The zero-order valence-electron chi connectivity index (χ0n) is 12.4. The first-order valence-corrected chi connectivity index (χ1v) is 6.60. The Labute approximate surface area is 134 Å². The first-order valence-electron chi connectivity index (χ1n) is 6.60. The number of amides is 2. The molecule has 0 spiro atoms. The molecule has 0 unspecified atom stereocenters. The minimum Gasteiger partial charge on any atom is -0.497 e. The van der Waals surface area contributed by atoms with Gasteiger partial charge in [-0.1, -0.05) is 12.6 Å². The summed E-state index contributed by atoms with van der Waals surface area (Å²) in [6, 6.07) is 6.75. The number of hydrogen-bond acceptors (Lipinski definition) is 4. The standard InChI is InChI=1S/C15H12F3N3O3/c1-8-11(7-19)14(13(23)20-8,15(16,17)18)21-12(22)9-4-3-5-10(6-9)24-2/h3-6,11H,1H2,2H3,(H,20,23)(H,21,22)/t11-,14+/m1/s1. The van der Waals surface area contributed by atoms with Crippen molar-refractivity contribution >= 4 is 11.8 Å². The Hall–Kier alpha value is -3.02. The van der Waals surface area contributed by atoms with Gasteiger partial charge in [-0.3, -0.25) is 9.59 Å². The molecule has 0 aromatic heterocycles. The number of carbonyl (C=O) groups excluding carboxylic acids is 2. The number of carbonyl (C=O) groups is 2. The number of halogens is 3. The van der Waals surface area contributed by atoms with Gasteiger partial charge in [0.2, 0.25) is 5.54 Å². The lowest BCUT2D eigenvalue weighted by molar-refractivity contribution is -0.197. The smallest absolute Gasteiger partial charge is 0.422 e. The topological polar surface area (TPSA) is 91.2 Å². The number of rotatable bonds is 3. The summed E-state index contributed by atoms with van der Waals surface area (Å²) in [7, 11) is 1.33. The van der Waals surface area contributed by atoms with Crippen molar-refractivity contribution in [2.24, 2.45) is 5.92 Å². The zero-order valence-corrected chi connectivity index (χ0v) is 12.4. The largest absolute Gasteiger partial charge is 0.497 e. The molecule has 1 aromatic carbocycles. The molecule has 2 amide bonds. The molecule has 126 valence electrons. The average Bonchev–Trinajstić information content (AvgIpc) is 2.77. The van der Waals surface area contributed by atoms with E-state index in [1.807, 2.05) is 5.32 Å². The molecular weight excluding hydrogens is 327 g/mol. The van der Waals surface area contributed by atoms with Gasteiger partial charge in [0.25, 0.3) is 11.8 Å². The lowest BCUT2D eigenvalue weighted by atomic mass is 9.84. The second-order valence-electron chi connectivity index (χ2n) is 5.03. The summed E-state index contributed by atoms with van der Waals surface area (Å²) in [5.74, 6) is -4.46. The predicted molar refractivity (Wildman–Crippen MR) is 75.6 cm³/mol. The van der Waals surface area contributed by atoms with Crippen LogP contribution in [-0.2, 0) is 4.79 Å². The molecule has 1 aromatic rings. The molecule has 0 aliphatic carbocycles. The van der Waals surface area contributed by atoms with Crippen LogP contribution in [0.4, 0.5) is 13.2 Å². The molecule has 0 bridgehead atoms. The third kappa shape index (κ3) is 2.56. The molecule has 1 saturated heterocycles. The summed E-state index contributed by atoms with van der Waals surface area (Å²) in [6.45, 7) is 3.25. The minimum absolute atomic E-state index is 0.153. The van der Waals surface area contributed by atoms with Crippen LogP contribution in [0.5, 0.6) is 5.75 Å². The lowest BCUT2D eigenvalue weighted by Crippen LogP contribution is -2.66. The first-order chi connectivity index (χ1) is 11.2. The molecule has 2 rings (SSSR count). The van der Waals surface area contributed by atoms with Crippen LogP contribution in [0.15, 0.2) is 36.5 Å². The molecule has 0 radical (unpaired) electrons. The fraction of sp³-hybridized carbons (Fsp3) is 0.267. The Morgan fingerprint density at radius 1 is 1.50 bits per heavy atom. The van der Waals surface area contributed by atoms with Gasteiger partial charge in [0, 0.05) is 11.3 Å². The monoisotopic (exact) mass is 339 g/mol. The highest BCUT2D eigenvalue weighted by atomic mass is 19.4. The van der Waals surface area contributed by atoms with Crippen LogP contribution in [0.2, 0.25) is 0 Å². The summed E-state index contributed by atoms with van der Waals surface area (Å²) in [4.78, 5) is 24.2. The highest BCUT2D eigenvalue weighted by Gasteiger charge is 2.70. The number of ether oxygens (including phenoxy) is 1. The maximum absolute atomic E-state index is 13.6. The van der Waals surface area contributed by atoms with E-state index in [0.717, 1.165) is 0 Å². The number of methoxy groups -OCH3 is 1. The summed E-state index contributed by atoms with van der Waals surface area (Å²) in [6.07, 6.45) is -5.20. The summed E-state index contributed by atoms with van der Waals surface area (Å²) in [5.41, 5.74) is -3.98. The molecule has 2 atom stereocenters. The van der Waals surface area contributed by atoms with Crippen molar-refractivity contribution in [1.82, 2.24) is 10.6 Å². The summed E-state index contributed by atoms with van der Waals surface area (Å²) >= 11 is 0. The first kappa shape index (κ1) is 17.3. The van der Waals surface area contributed by atoms with E-state index in [-0.39, 0.29) is 11.3 Å². The van der Waals surface area contributed by atoms with Crippen LogP contribution >= 0.6 is 0 Å². The lowest BCUT2D eigenvalue weighted by Gasteiger charge is -2.32. The van der Waals surface area contributed by atoms with Crippen LogP contribution in [0.25, 0.3) is 0 Å². The van der Waals surface area contributed by atoms with Crippen LogP contribution in [0.1, 0.15) is 10.4 Å². The van der Waals surface area contributed by atoms with Crippen molar-refractivity contribution in [3.8, 4) is 11.8 Å². The summed E-state index contributed by atoms with van der Waals surface area (Å²) < 4.78 is 45.7. The number of alkyl halides is 3. The second-order valence-corrected chi connectivity index (χ2v) is 5.03. The summed E-state index contributed by atoms with van der Waals surface area (Å²) in [5, 5.41) is 12.6. The Morgan fingerprint density at radius 3 is 2.71 bits per heavy atom. The van der Waals surface area contributed by atoms with E-state index in [0.29, 0.717) is 0 Å². The van der Waals surface area contributed by atoms with Crippen molar-refractivity contribution in [2.45, 2.75) is 11.7 Å². The van der Waals surface area contributed by atoms with Gasteiger partial charge in [-0.15, -0.1) is 0 Å². The van der Waals surface area contributed by atoms with Gasteiger partial charge < -0.3 is 15.4 Å². The molecule has 1 heterocycles. The molecule has 6 nitrogen and oxygen atoms in total. The molecule has 9 heteroatoms. The second kappa shape index (κ2) is 5.88. The highest BCUT2D eigenvalue weighted by molar-refractivity contribution is 6.02. The quantitative estimate of drug-likeness (QED) is 0.873. The maximum Gasteiger partial charge on any atom is 0.422 e. The van der Waals surface area contributed by atoms with Gasteiger partial charge in [0.1, 0.15) is 11.7 Å². The van der Waals surface area contributed by atoms with Crippen LogP contribution < -0.4 is 15.4 Å². The highest BCUT2D eigenvalue weighted by Crippen LogP contribution is 2.42. The van der Waals surface area contributed by atoms with E-state index in [1.165, 1.54) is 37.4 Å². The number of benzene rings is 1. The van der Waals surface area contributed by atoms with Crippen LogP contribution in [0, 0.1) is 17.2 Å². The van der Waals surface area contributed by atoms with Crippen LogP contribution in [0.3, 0.4) is 0 Å². The van der Waals surface area contributed by atoms with Gasteiger partial charge in [0.15, 0.2) is 0 Å². The van der Waals surface area contributed by atoms with Crippen molar-refractivity contribution in [1.29, 1.82) is 5.26 Å². The third-order valence-corrected chi connectivity index (χ3v) is 3.63. The van der Waals surface area contributed by atoms with E-state index in [2.05, 4.69) is 6.58 Å². The van der Waals surface area contributed by atoms with Crippen molar-refractivity contribution in [3.63, 3.8) is 0 Å². The minimum atomic E-state index is -5.20. The molecule has 1 aliphatic heterocycles. The van der Waals surface area contributed by atoms with E-state index >= 15 is 0 Å². The van der Waals surface area contributed by atoms with Gasteiger partial charge in [-0.25, -0.2) is 0 Å². The molecule has 1 aliphatic rings. The van der Waals surface area contributed by atoms with Gasteiger partial charge in [-0.05, 0) is 18.2 Å². The molecule has 2 N–H and O–H groups in total. The van der Waals surface area contributed by atoms with E-state index in [1.54, 1.807) is 5.32 Å². The fourth-order valence-corrected chi connectivity index (χ4v) is 2.39. The molecule has 1 fully saturated rings. The van der Waals surface area contributed by atoms with E-state index < -0.39 is 35.1 Å². The fourth-order valence-electron chi connectivity index (χ4n) is 2.39. The maximum atomic E-state index is 13.6. The van der Waals surface area contributed by atoms with Gasteiger partial charge in [0.05, 0.1) is 13.2 Å². The van der Waals surface area contributed by atoms with Gasteiger partial charge in [-0.2, -0.15) is 18.4 Å². The van der Waals surface area contributed by atoms with Crippen molar-refractivity contribution in [3.05, 3.63) is 42.1 Å². The third-order valence-electron chi connectivity index (χ3n) is 3.63. The SMILES string of the molecule is C=C1NC(=O)[C@](NC(=O)c2cccc(OC)c2)(C(F)(F)F)[C@@H]1C#N. The number of nitrogens with zero attached hydrogens (tertiary/aromatic N) is 1. The Morgan fingerprint density at radius 2 is 2.17 bits per heavy atom. The molecular formula is C15H12F3N3O3. The zero-order chi connectivity index (χ0) is 18.1. The Bertz CT molecular complexity index is 754. The van der Waals surface area contributed by atoms with E-state index in [4.69, 9.17) is 10.00 Å². The van der Waals surface area contributed by atoms with Crippen molar-refractivity contribution < 1.29 is 27.5 Å². The Balaban J connectivity index is 2.48. The molecule has 0 saturated carbocycles. The Kier molecular flexibility index (Phi) is 4.25. The van der Waals surface area contributed by atoms with Gasteiger partial charge >= 0.3 is 6.18 Å². The van der Waals surface area contributed by atoms with E-state index in [9.17, 15) is 22.8 Å². The average molecular weight is 339 g/mol. The number of nitriles is 1. The van der Waals surface area contributed by atoms with Crippen molar-refractivity contribution in [2.75, 3.05) is 7.11 Å². The molecule has 24 heavy (non-hydrogen) atoms. The predicted octanol–water partition coefficient (Wildman–Crippen LogP) is 1.51. The number of nitrogens with one attached hydrogen (secondary N) is 2.